The average molecular weight is 1070 g/mol. The normalized spacial score (nSPS) is 15.9. The van der Waals surface area contributed by atoms with E-state index in [2.05, 4.69) is 4.74 Å². The van der Waals surface area contributed by atoms with E-state index in [-0.39, 0.29) is 31.0 Å². The van der Waals surface area contributed by atoms with E-state index in [0.717, 1.165) is 0 Å². The molecular weight excluding hydrogens is 1050 g/mol. The molecule has 2 nitrogen and oxygen atoms in total. The standard InChI is InChI=1S/C31H20F34O2/c1-2-3-8-67-15(66)14-10-12(4-6-16(32,33)18(36,37)20(40,41)22(44,45)24(48,49)26(52,53)28(56,57)30(60,61)62)9-13(11-14)5-7-17(34,35)19(38,39)21(42,43)23(46,47)25(50,51)27(54,55)29(58,59)31(63,64)65/h9-11H,2-8H2,1H3. The second-order valence-electron chi connectivity index (χ2n) is 13.8. The number of carbonyl (C=O) groups is 1. The minimum Gasteiger partial charge on any atom is -0.462 e. The predicted molar refractivity (Wildman–Crippen MR) is 150 cm³/mol. The van der Waals surface area contributed by atoms with E-state index >= 15 is 0 Å². The van der Waals surface area contributed by atoms with Gasteiger partial charge in [-0.05, 0) is 42.5 Å². The fourth-order valence-electron chi connectivity index (χ4n) is 4.87. The Morgan fingerprint density at radius 1 is 0.373 bits per heavy atom. The lowest BCUT2D eigenvalue weighted by molar-refractivity contribution is -0.461. The van der Waals surface area contributed by atoms with Gasteiger partial charge in [0.05, 0.1) is 12.2 Å². The van der Waals surface area contributed by atoms with Gasteiger partial charge < -0.3 is 4.74 Å². The van der Waals surface area contributed by atoms with Gasteiger partial charge >= 0.3 is 101 Å². The molecular formula is C31H20F34O2. The van der Waals surface area contributed by atoms with Crippen molar-refractivity contribution in [3.05, 3.63) is 34.9 Å². The summed E-state index contributed by atoms with van der Waals surface area (Å²) in [7, 11) is 0. The minimum atomic E-state index is -9.05. The maximum Gasteiger partial charge on any atom is 0.460 e. The van der Waals surface area contributed by atoms with E-state index in [1.807, 2.05) is 0 Å². The highest BCUT2D eigenvalue weighted by atomic mass is 19.4. The molecule has 0 amide bonds. The Morgan fingerprint density at radius 2 is 0.612 bits per heavy atom. The van der Waals surface area contributed by atoms with Crippen LogP contribution in [0.1, 0.15) is 54.1 Å². The Hall–Kier alpha value is -3.69. The van der Waals surface area contributed by atoms with Gasteiger partial charge in [-0.25, -0.2) is 4.79 Å². The predicted octanol–water partition coefficient (Wildman–Crippen LogP) is 14.5. The van der Waals surface area contributed by atoms with Crippen molar-refractivity contribution in [3.8, 4) is 0 Å². The second kappa shape index (κ2) is 17.6. The van der Waals surface area contributed by atoms with Crippen LogP contribution in [0.25, 0.3) is 0 Å². The number of ether oxygens (including phenoxy) is 1. The van der Waals surface area contributed by atoms with Crippen LogP contribution in [-0.4, -0.2) is 108 Å². The molecule has 0 unspecified atom stereocenters. The molecule has 0 bridgehead atoms. The summed E-state index contributed by atoms with van der Waals surface area (Å²) in [5, 5.41) is 0. The van der Waals surface area contributed by atoms with Crippen LogP contribution < -0.4 is 0 Å². The molecule has 0 N–H and O–H groups in total. The molecule has 0 radical (unpaired) electrons. The van der Waals surface area contributed by atoms with Crippen LogP contribution in [-0.2, 0) is 17.6 Å². The van der Waals surface area contributed by atoms with Gasteiger partial charge in [-0.1, -0.05) is 19.4 Å². The summed E-state index contributed by atoms with van der Waals surface area (Å²) in [6.07, 6.45) is -27.6. The number of hydrogen-bond donors (Lipinski definition) is 0. The van der Waals surface area contributed by atoms with Crippen LogP contribution in [0.5, 0.6) is 0 Å². The number of esters is 1. The van der Waals surface area contributed by atoms with Crippen molar-refractivity contribution < 1.29 is 159 Å². The van der Waals surface area contributed by atoms with Crippen molar-refractivity contribution in [1.82, 2.24) is 0 Å². The number of carbonyl (C=O) groups excluding carboxylic acids is 1. The number of aryl methyl sites for hydroxylation is 2. The molecule has 1 rings (SSSR count). The van der Waals surface area contributed by atoms with Gasteiger partial charge in [0.2, 0.25) is 0 Å². The molecule has 0 aromatic heterocycles. The van der Waals surface area contributed by atoms with E-state index in [1.54, 1.807) is 0 Å². The topological polar surface area (TPSA) is 26.3 Å². The summed E-state index contributed by atoms with van der Waals surface area (Å²) in [6, 6.07) is -0.257. The summed E-state index contributed by atoms with van der Waals surface area (Å²) in [6.45, 7) is 0.638. The Balaban J connectivity index is 3.81. The summed E-state index contributed by atoms with van der Waals surface area (Å²) >= 11 is 0. The Labute approximate surface area is 347 Å². The van der Waals surface area contributed by atoms with Crippen LogP contribution in [0.15, 0.2) is 18.2 Å². The van der Waals surface area contributed by atoms with Gasteiger partial charge in [-0.2, -0.15) is 149 Å². The molecule has 0 aliphatic rings. The SMILES string of the molecule is CCCCOC(=O)c1cc(CCC(F)(F)C(F)(F)C(F)(F)C(F)(F)C(F)(F)C(F)(F)C(F)(F)C(F)(F)F)cc(CCC(F)(F)C(F)(F)C(F)(F)C(F)(F)C(F)(F)C(F)(F)C(F)(F)C(F)(F)F)c1. The number of halogens is 34. The number of unbranched alkanes of at least 4 members (excludes halogenated alkanes) is 1. The summed E-state index contributed by atoms with van der Waals surface area (Å²) in [5.41, 5.74) is -4.46. The lowest BCUT2D eigenvalue weighted by Crippen LogP contribution is -2.74. The van der Waals surface area contributed by atoms with Gasteiger partial charge in [0.1, 0.15) is 0 Å². The first-order valence-electron chi connectivity index (χ1n) is 16.7. The highest BCUT2D eigenvalue weighted by Crippen LogP contribution is 2.66. The van der Waals surface area contributed by atoms with Gasteiger partial charge in [0.25, 0.3) is 0 Å². The highest BCUT2D eigenvalue weighted by molar-refractivity contribution is 5.89. The minimum absolute atomic E-state index is 0.0207. The maximum atomic E-state index is 14.6. The van der Waals surface area contributed by atoms with E-state index in [9.17, 15) is 154 Å². The van der Waals surface area contributed by atoms with E-state index < -0.39 is 150 Å². The Kier molecular flexibility index (Phi) is 16.1. The zero-order valence-electron chi connectivity index (χ0n) is 31.3. The van der Waals surface area contributed by atoms with Gasteiger partial charge in [-0.3, -0.25) is 0 Å². The maximum absolute atomic E-state index is 14.6. The Bertz CT molecular complexity index is 1770. The van der Waals surface area contributed by atoms with Crippen LogP contribution >= 0.6 is 0 Å². The molecule has 0 aliphatic heterocycles. The van der Waals surface area contributed by atoms with Crippen molar-refractivity contribution in [2.75, 3.05) is 6.61 Å². The molecule has 0 fully saturated rings. The first-order chi connectivity index (χ1) is 29.0. The van der Waals surface area contributed by atoms with E-state index in [0.29, 0.717) is 0 Å². The number of hydrogen-bond acceptors (Lipinski definition) is 2. The summed E-state index contributed by atoms with van der Waals surface area (Å²) < 4.78 is 468. The van der Waals surface area contributed by atoms with Crippen molar-refractivity contribution in [1.29, 1.82) is 0 Å². The molecule has 1 aromatic rings. The number of alkyl halides is 34. The van der Waals surface area contributed by atoms with Gasteiger partial charge in [-0.15, -0.1) is 0 Å². The zero-order valence-corrected chi connectivity index (χ0v) is 31.3. The lowest BCUT2D eigenvalue weighted by atomic mass is 9.87. The number of rotatable bonds is 22. The third-order valence-electron chi connectivity index (χ3n) is 9.05. The fraction of sp³-hybridized carbons (Fsp3) is 0.774. The largest absolute Gasteiger partial charge is 0.462 e. The summed E-state index contributed by atoms with van der Waals surface area (Å²) in [4.78, 5) is 12.4. The fourth-order valence-corrected chi connectivity index (χ4v) is 4.87. The monoisotopic (exact) mass is 1070 g/mol. The van der Waals surface area contributed by atoms with E-state index in [1.165, 1.54) is 6.92 Å². The van der Waals surface area contributed by atoms with E-state index in [4.69, 9.17) is 0 Å². The van der Waals surface area contributed by atoms with Crippen LogP contribution in [0, 0.1) is 0 Å². The molecule has 0 aliphatic carbocycles. The van der Waals surface area contributed by atoms with Crippen molar-refractivity contribution in [2.24, 2.45) is 0 Å². The lowest BCUT2D eigenvalue weighted by Gasteiger charge is -2.42. The quantitative estimate of drug-likeness (QED) is 0.0657. The third-order valence-corrected chi connectivity index (χ3v) is 9.05. The van der Waals surface area contributed by atoms with Crippen molar-refractivity contribution >= 4 is 5.97 Å². The average Bonchev–Trinajstić information content (AvgIpc) is 3.14. The van der Waals surface area contributed by atoms with Gasteiger partial charge in [0, 0.05) is 12.8 Å². The molecule has 0 atom stereocenters. The first kappa shape index (κ1) is 61.3. The third kappa shape index (κ3) is 9.40. The molecule has 0 saturated heterocycles. The molecule has 0 spiro atoms. The molecule has 394 valence electrons. The first-order valence-corrected chi connectivity index (χ1v) is 16.7. The smallest absolute Gasteiger partial charge is 0.460 e. The second-order valence-corrected chi connectivity index (χ2v) is 13.8. The van der Waals surface area contributed by atoms with Crippen LogP contribution in [0.4, 0.5) is 149 Å². The van der Waals surface area contributed by atoms with Crippen molar-refractivity contribution in [3.63, 3.8) is 0 Å². The van der Waals surface area contributed by atoms with Crippen molar-refractivity contribution in [2.45, 2.75) is 141 Å². The molecule has 36 heteroatoms. The molecule has 0 saturated carbocycles. The molecule has 1 aromatic carbocycles. The molecule has 67 heavy (non-hydrogen) atoms. The van der Waals surface area contributed by atoms with Crippen LogP contribution in [0.2, 0.25) is 0 Å². The highest BCUT2D eigenvalue weighted by Gasteiger charge is 2.96. The van der Waals surface area contributed by atoms with Crippen LogP contribution in [0.3, 0.4) is 0 Å². The number of benzene rings is 1. The van der Waals surface area contributed by atoms with Gasteiger partial charge in [0.15, 0.2) is 0 Å². The Morgan fingerprint density at radius 3 is 0.851 bits per heavy atom. The summed E-state index contributed by atoms with van der Waals surface area (Å²) in [5.74, 6) is -121. The molecule has 0 heterocycles. The zero-order chi connectivity index (χ0) is 54.1.